The molecular weight excluding hydrogens is 244 g/mol. The van der Waals surface area contributed by atoms with Crippen molar-refractivity contribution in [3.63, 3.8) is 0 Å². The summed E-state index contributed by atoms with van der Waals surface area (Å²) in [5, 5.41) is 0. The monoisotopic (exact) mass is 264 g/mol. The van der Waals surface area contributed by atoms with Gasteiger partial charge in [0.1, 0.15) is 0 Å². The zero-order chi connectivity index (χ0) is 11.7. The second-order valence-corrected chi connectivity index (χ2v) is 16.7. The molecule has 0 spiro atoms. The molecule has 16 heavy (non-hydrogen) atoms. The van der Waals surface area contributed by atoms with E-state index in [1.807, 2.05) is 7.76 Å². The SMILES string of the molecule is CC1=[C]([Ti]([C]2=C(C)C=CC2)=[Si](C)C)CC=C1. The first-order valence-electron chi connectivity index (χ1n) is 6.02. The molecule has 84 valence electrons. The molecule has 0 N–H and O–H groups in total. The molecule has 0 amide bonds. The molecule has 0 aromatic carbocycles. The third kappa shape index (κ3) is 2.27. The summed E-state index contributed by atoms with van der Waals surface area (Å²) in [6.07, 6.45) is 11.8. The fraction of sp³-hybridized carbons (Fsp3) is 0.429. The first-order valence-corrected chi connectivity index (χ1v) is 12.4. The summed E-state index contributed by atoms with van der Waals surface area (Å²) >= 11 is -1.10. The van der Waals surface area contributed by atoms with Gasteiger partial charge in [-0.1, -0.05) is 0 Å². The van der Waals surface area contributed by atoms with Gasteiger partial charge in [-0.15, -0.1) is 0 Å². The van der Waals surface area contributed by atoms with E-state index in [-0.39, 0.29) is 6.19 Å². The van der Waals surface area contributed by atoms with Gasteiger partial charge in [0.05, 0.1) is 0 Å². The molecule has 0 aliphatic heterocycles. The second-order valence-electron chi connectivity index (χ2n) is 4.91. The van der Waals surface area contributed by atoms with Gasteiger partial charge in [-0.2, -0.15) is 0 Å². The molecule has 0 aromatic rings. The van der Waals surface area contributed by atoms with Crippen molar-refractivity contribution in [3.8, 4) is 0 Å². The number of hydrogen-bond acceptors (Lipinski definition) is 0. The van der Waals surface area contributed by atoms with Crippen molar-refractivity contribution >= 4 is 6.19 Å². The van der Waals surface area contributed by atoms with Crippen LogP contribution in [0.5, 0.6) is 0 Å². The van der Waals surface area contributed by atoms with Crippen molar-refractivity contribution in [2.75, 3.05) is 0 Å². The van der Waals surface area contributed by atoms with Crippen LogP contribution in [-0.4, -0.2) is 6.19 Å². The third-order valence-electron chi connectivity index (χ3n) is 3.44. The molecule has 2 aliphatic carbocycles. The minimum absolute atomic E-state index is 0.133. The molecule has 0 unspecified atom stereocenters. The van der Waals surface area contributed by atoms with Gasteiger partial charge in [-0.3, -0.25) is 0 Å². The maximum absolute atomic E-state index is 2.52. The van der Waals surface area contributed by atoms with Gasteiger partial charge < -0.3 is 0 Å². The number of rotatable bonds is 2. The molecule has 0 saturated heterocycles. The van der Waals surface area contributed by atoms with Crippen LogP contribution in [0.25, 0.3) is 0 Å². The Balaban J connectivity index is 2.47. The van der Waals surface area contributed by atoms with Gasteiger partial charge in [0, 0.05) is 0 Å². The number of hydrogen-bond donors (Lipinski definition) is 0. The minimum atomic E-state index is -1.10. The average Bonchev–Trinajstić information content (AvgIpc) is 2.79. The molecule has 0 nitrogen and oxygen atoms in total. The Morgan fingerprint density at radius 2 is 1.38 bits per heavy atom. The molecule has 2 rings (SSSR count). The Morgan fingerprint density at radius 1 is 0.938 bits per heavy atom. The van der Waals surface area contributed by atoms with E-state index in [0.29, 0.717) is 0 Å². The van der Waals surface area contributed by atoms with Gasteiger partial charge >= 0.3 is 106 Å². The van der Waals surface area contributed by atoms with E-state index >= 15 is 0 Å². The number of allylic oxidation sites excluding steroid dienone is 8. The molecule has 0 saturated carbocycles. The van der Waals surface area contributed by atoms with E-state index in [9.17, 15) is 0 Å². The van der Waals surface area contributed by atoms with Gasteiger partial charge in [0.2, 0.25) is 0 Å². The molecule has 2 aliphatic rings. The van der Waals surface area contributed by atoms with Crippen LogP contribution in [0.1, 0.15) is 26.7 Å². The molecule has 0 radical (unpaired) electrons. The van der Waals surface area contributed by atoms with Crippen LogP contribution in [0.2, 0.25) is 13.1 Å². The Bertz CT molecular complexity index is 431. The van der Waals surface area contributed by atoms with Gasteiger partial charge in [0.25, 0.3) is 0 Å². The summed E-state index contributed by atoms with van der Waals surface area (Å²) in [5.74, 6) is 0. The van der Waals surface area contributed by atoms with Gasteiger partial charge in [-0.05, 0) is 0 Å². The van der Waals surface area contributed by atoms with E-state index in [4.69, 9.17) is 0 Å². The third-order valence-corrected chi connectivity index (χ3v) is 15.4. The molecular formula is C14H20SiTi. The van der Waals surface area contributed by atoms with E-state index in [1.54, 1.807) is 11.1 Å². The zero-order valence-corrected chi connectivity index (χ0v) is 13.3. The van der Waals surface area contributed by atoms with Crippen LogP contribution in [0.3, 0.4) is 0 Å². The van der Waals surface area contributed by atoms with E-state index in [1.165, 1.54) is 12.8 Å². The Morgan fingerprint density at radius 3 is 1.62 bits per heavy atom. The topological polar surface area (TPSA) is 0 Å². The molecule has 0 fully saturated rings. The maximum atomic E-state index is 2.52. The van der Waals surface area contributed by atoms with Crippen molar-refractivity contribution < 1.29 is 16.6 Å². The molecule has 0 heterocycles. The summed E-state index contributed by atoms with van der Waals surface area (Å²) in [6, 6.07) is 0. The van der Waals surface area contributed by atoms with E-state index in [2.05, 4.69) is 51.2 Å². The first-order chi connectivity index (χ1) is 7.61. The van der Waals surface area contributed by atoms with Crippen molar-refractivity contribution in [1.29, 1.82) is 0 Å². The summed E-state index contributed by atoms with van der Waals surface area (Å²) < 4.78 is 3.72. The normalized spacial score (nSPS) is 19.0. The van der Waals surface area contributed by atoms with E-state index < -0.39 is 16.6 Å². The summed E-state index contributed by atoms with van der Waals surface area (Å²) in [5.41, 5.74) is 3.18. The van der Waals surface area contributed by atoms with Crippen LogP contribution in [0.15, 0.2) is 43.2 Å². The summed E-state index contributed by atoms with van der Waals surface area (Å²) in [7, 11) is 0. The van der Waals surface area contributed by atoms with Crippen molar-refractivity contribution in [2.45, 2.75) is 39.8 Å². The van der Waals surface area contributed by atoms with Crippen LogP contribution < -0.4 is 0 Å². The Hall–Kier alpha value is -0.109. The quantitative estimate of drug-likeness (QED) is 0.651. The molecule has 2 heteroatoms. The predicted octanol–water partition coefficient (Wildman–Crippen LogP) is 4.32. The van der Waals surface area contributed by atoms with Crippen molar-refractivity contribution in [3.05, 3.63) is 43.2 Å². The summed E-state index contributed by atoms with van der Waals surface area (Å²) in [4.78, 5) is 0. The summed E-state index contributed by atoms with van der Waals surface area (Å²) in [6.45, 7) is 9.68. The van der Waals surface area contributed by atoms with Crippen molar-refractivity contribution in [2.24, 2.45) is 0 Å². The zero-order valence-electron chi connectivity index (χ0n) is 10.7. The molecule has 0 atom stereocenters. The molecule has 0 bridgehead atoms. The van der Waals surface area contributed by atoms with Crippen LogP contribution in [-0.2, 0) is 16.6 Å². The van der Waals surface area contributed by atoms with Crippen LogP contribution in [0, 0.1) is 0 Å². The predicted molar refractivity (Wildman–Crippen MR) is 70.4 cm³/mol. The van der Waals surface area contributed by atoms with Gasteiger partial charge in [0.15, 0.2) is 0 Å². The standard InChI is InChI=1S/2C6H7.C2H6Si.Ti/c2*1-6-4-2-3-5-6;1-3-2;/h2*2,4H,3H2,1H3;1-2H3;. The van der Waals surface area contributed by atoms with Crippen molar-refractivity contribution in [1.82, 2.24) is 0 Å². The van der Waals surface area contributed by atoms with Crippen LogP contribution in [0.4, 0.5) is 0 Å². The fourth-order valence-corrected chi connectivity index (χ4v) is 15.0. The van der Waals surface area contributed by atoms with Gasteiger partial charge in [-0.25, -0.2) is 0 Å². The Labute approximate surface area is 105 Å². The Kier molecular flexibility index (Phi) is 3.89. The average molecular weight is 264 g/mol. The van der Waals surface area contributed by atoms with Crippen LogP contribution >= 0.6 is 0 Å². The fourth-order valence-electron chi connectivity index (χ4n) is 2.61. The molecule has 0 aromatic heterocycles. The second kappa shape index (κ2) is 5.03. The first kappa shape index (κ1) is 12.4. The van der Waals surface area contributed by atoms with E-state index in [0.717, 1.165) is 0 Å².